The molecule has 3 amide bonds. The average molecular weight is 486 g/mol. The molecule has 2 saturated heterocycles. The minimum atomic E-state index is -0.697. The molecule has 0 N–H and O–H groups in total. The number of amides is 3. The number of benzene rings is 1. The molecule has 1 aromatic heterocycles. The number of rotatable bonds is 3. The standard InChI is InChI=1S/C25H35N5O5/c1-25(2,3)35-24(34)26(4)16-12-14-29(15-13-16)17-8-7-9-18-21(17)28(6)23(33)30(18)19-10-11-20(31)27(5)22(19)32/h7-9,16,19H,10-15H2,1-6H3. The number of imide groups is 1. The number of nitrogens with zero attached hydrogens (tertiary/aromatic N) is 5. The van der Waals surface area contributed by atoms with Crippen molar-refractivity contribution < 1.29 is 19.1 Å². The monoisotopic (exact) mass is 485 g/mol. The molecule has 1 aromatic carbocycles. The lowest BCUT2D eigenvalue weighted by atomic mass is 10.0. The van der Waals surface area contributed by atoms with Gasteiger partial charge in [-0.3, -0.25) is 23.6 Å². The highest BCUT2D eigenvalue weighted by molar-refractivity contribution is 6.00. The van der Waals surface area contributed by atoms with Gasteiger partial charge in [0.1, 0.15) is 11.6 Å². The summed E-state index contributed by atoms with van der Waals surface area (Å²) < 4.78 is 8.64. The number of aromatic nitrogens is 2. The van der Waals surface area contributed by atoms with Crippen LogP contribution in [0.4, 0.5) is 10.5 Å². The highest BCUT2D eigenvalue weighted by Crippen LogP contribution is 2.32. The van der Waals surface area contributed by atoms with Gasteiger partial charge in [-0.2, -0.15) is 0 Å². The summed E-state index contributed by atoms with van der Waals surface area (Å²) in [5.74, 6) is -0.577. The minimum absolute atomic E-state index is 0.0710. The van der Waals surface area contributed by atoms with Crippen molar-refractivity contribution in [2.75, 3.05) is 32.1 Å². The van der Waals surface area contributed by atoms with Gasteiger partial charge in [-0.1, -0.05) is 6.07 Å². The van der Waals surface area contributed by atoms with Gasteiger partial charge in [0.25, 0.3) is 5.91 Å². The SMILES string of the molecule is CN1C(=O)CCC(n2c(=O)n(C)c3c(N4CCC(N(C)C(=O)OC(C)(C)C)CC4)cccc32)C1=O. The Morgan fingerprint density at radius 3 is 2.34 bits per heavy atom. The number of anilines is 1. The summed E-state index contributed by atoms with van der Waals surface area (Å²) in [5, 5.41) is 0. The molecule has 2 aliphatic heterocycles. The van der Waals surface area contributed by atoms with E-state index in [2.05, 4.69) is 4.90 Å². The van der Waals surface area contributed by atoms with Crippen molar-refractivity contribution in [3.8, 4) is 0 Å². The minimum Gasteiger partial charge on any atom is -0.444 e. The normalized spacial score (nSPS) is 20.0. The second kappa shape index (κ2) is 9.05. The van der Waals surface area contributed by atoms with Crippen molar-refractivity contribution in [2.24, 2.45) is 7.05 Å². The maximum atomic E-state index is 13.3. The molecule has 1 unspecified atom stereocenters. The van der Waals surface area contributed by atoms with Gasteiger partial charge in [-0.05, 0) is 52.2 Å². The molecule has 10 nitrogen and oxygen atoms in total. The number of para-hydroxylation sites is 1. The summed E-state index contributed by atoms with van der Waals surface area (Å²) >= 11 is 0. The van der Waals surface area contributed by atoms with E-state index in [0.717, 1.165) is 42.0 Å². The van der Waals surface area contributed by atoms with Crippen molar-refractivity contribution in [1.29, 1.82) is 0 Å². The van der Waals surface area contributed by atoms with E-state index < -0.39 is 11.6 Å². The van der Waals surface area contributed by atoms with Crippen molar-refractivity contribution in [3.63, 3.8) is 0 Å². The van der Waals surface area contributed by atoms with E-state index in [1.807, 2.05) is 39.0 Å². The van der Waals surface area contributed by atoms with Crippen LogP contribution in [0.1, 0.15) is 52.5 Å². The number of carbonyl (C=O) groups excluding carboxylic acids is 3. The highest BCUT2D eigenvalue weighted by atomic mass is 16.6. The van der Waals surface area contributed by atoms with Gasteiger partial charge in [0, 0.05) is 46.7 Å². The van der Waals surface area contributed by atoms with Gasteiger partial charge in [0.15, 0.2) is 0 Å². The number of likely N-dealkylation sites (N-methyl/N-ethyl adjacent to an activating group) is 1. The number of hydrogen-bond acceptors (Lipinski definition) is 6. The van der Waals surface area contributed by atoms with Crippen LogP contribution in [-0.2, 0) is 21.4 Å². The van der Waals surface area contributed by atoms with Crippen LogP contribution in [-0.4, -0.2) is 75.7 Å². The summed E-state index contributed by atoms with van der Waals surface area (Å²) in [6.45, 7) is 7.01. The molecular formula is C25H35N5O5. The van der Waals surface area contributed by atoms with E-state index >= 15 is 0 Å². The molecular weight excluding hydrogens is 450 g/mol. The number of aryl methyl sites for hydroxylation is 1. The first-order chi connectivity index (χ1) is 16.4. The maximum absolute atomic E-state index is 13.3. The topological polar surface area (TPSA) is 97.1 Å². The van der Waals surface area contributed by atoms with Crippen LogP contribution in [0.2, 0.25) is 0 Å². The van der Waals surface area contributed by atoms with Crippen LogP contribution in [0.25, 0.3) is 11.0 Å². The maximum Gasteiger partial charge on any atom is 0.410 e. The number of carbonyl (C=O) groups is 3. The molecule has 0 radical (unpaired) electrons. The van der Waals surface area contributed by atoms with Gasteiger partial charge in [-0.15, -0.1) is 0 Å². The molecule has 2 fully saturated rings. The fourth-order valence-corrected chi connectivity index (χ4v) is 5.09. The van der Waals surface area contributed by atoms with Crippen LogP contribution in [0.3, 0.4) is 0 Å². The van der Waals surface area contributed by atoms with E-state index in [-0.39, 0.29) is 36.1 Å². The number of piperidine rings is 2. The van der Waals surface area contributed by atoms with Crippen molar-refractivity contribution in [2.45, 2.75) is 64.1 Å². The van der Waals surface area contributed by atoms with E-state index in [4.69, 9.17) is 4.74 Å². The Labute approximate surface area is 205 Å². The van der Waals surface area contributed by atoms with Gasteiger partial charge >= 0.3 is 11.8 Å². The van der Waals surface area contributed by atoms with Crippen molar-refractivity contribution >= 4 is 34.6 Å². The number of hydrogen-bond donors (Lipinski definition) is 0. The van der Waals surface area contributed by atoms with Crippen LogP contribution in [0.15, 0.2) is 23.0 Å². The molecule has 190 valence electrons. The predicted octanol–water partition coefficient (Wildman–Crippen LogP) is 2.50. The zero-order chi connectivity index (χ0) is 25.7. The molecule has 0 spiro atoms. The number of likely N-dealkylation sites (tertiary alicyclic amines) is 1. The first kappa shape index (κ1) is 24.8. The molecule has 4 rings (SSSR count). The van der Waals surface area contributed by atoms with Crippen molar-refractivity contribution in [3.05, 3.63) is 28.7 Å². The van der Waals surface area contributed by atoms with Crippen LogP contribution >= 0.6 is 0 Å². The zero-order valence-electron chi connectivity index (χ0n) is 21.4. The quantitative estimate of drug-likeness (QED) is 0.620. The lowest BCUT2D eigenvalue weighted by Crippen LogP contribution is -2.47. The summed E-state index contributed by atoms with van der Waals surface area (Å²) in [5.41, 5.74) is 1.56. The van der Waals surface area contributed by atoms with E-state index in [1.165, 1.54) is 11.6 Å². The lowest BCUT2D eigenvalue weighted by molar-refractivity contribution is -0.149. The fourth-order valence-electron chi connectivity index (χ4n) is 5.09. The van der Waals surface area contributed by atoms with Gasteiger partial charge in [0.2, 0.25) is 5.91 Å². The van der Waals surface area contributed by atoms with Crippen LogP contribution < -0.4 is 10.6 Å². The highest BCUT2D eigenvalue weighted by Gasteiger charge is 2.36. The van der Waals surface area contributed by atoms with E-state index in [9.17, 15) is 19.2 Å². The molecule has 0 bridgehead atoms. The molecule has 2 aromatic rings. The molecule has 35 heavy (non-hydrogen) atoms. The second-order valence-electron chi connectivity index (χ2n) is 10.5. The predicted molar refractivity (Wildman–Crippen MR) is 132 cm³/mol. The van der Waals surface area contributed by atoms with Crippen LogP contribution in [0.5, 0.6) is 0 Å². The number of fused-ring (bicyclic) bond motifs is 1. The number of imidazole rings is 1. The third-order valence-corrected chi connectivity index (χ3v) is 7.05. The van der Waals surface area contributed by atoms with Gasteiger partial charge in [0.05, 0.1) is 16.7 Å². The Hall–Kier alpha value is -3.30. The Kier molecular flexibility index (Phi) is 6.42. The number of ether oxygens (including phenoxy) is 1. The summed E-state index contributed by atoms with van der Waals surface area (Å²) in [7, 11) is 4.97. The Balaban J connectivity index is 1.59. The summed E-state index contributed by atoms with van der Waals surface area (Å²) in [4.78, 5) is 55.6. The average Bonchev–Trinajstić information content (AvgIpc) is 3.06. The summed E-state index contributed by atoms with van der Waals surface area (Å²) in [6, 6.07) is 5.11. The smallest absolute Gasteiger partial charge is 0.410 e. The first-order valence-corrected chi connectivity index (χ1v) is 12.1. The summed E-state index contributed by atoms with van der Waals surface area (Å²) in [6.07, 6.45) is 1.77. The van der Waals surface area contributed by atoms with Crippen molar-refractivity contribution in [1.82, 2.24) is 18.9 Å². The largest absolute Gasteiger partial charge is 0.444 e. The van der Waals surface area contributed by atoms with E-state index in [0.29, 0.717) is 11.9 Å². The Morgan fingerprint density at radius 2 is 1.71 bits per heavy atom. The van der Waals surface area contributed by atoms with E-state index in [1.54, 1.807) is 23.6 Å². The molecule has 2 aliphatic rings. The molecule has 1 atom stereocenters. The fraction of sp³-hybridized carbons (Fsp3) is 0.600. The Morgan fingerprint density at radius 1 is 1.06 bits per heavy atom. The Bertz CT molecular complexity index is 1220. The second-order valence-corrected chi connectivity index (χ2v) is 10.5. The zero-order valence-corrected chi connectivity index (χ0v) is 21.4. The van der Waals surface area contributed by atoms with Crippen LogP contribution in [0, 0.1) is 0 Å². The first-order valence-electron chi connectivity index (χ1n) is 12.1. The molecule has 0 aliphatic carbocycles. The lowest BCUT2D eigenvalue weighted by Gasteiger charge is -2.38. The molecule has 10 heteroatoms. The van der Waals surface area contributed by atoms with Gasteiger partial charge < -0.3 is 14.5 Å². The molecule has 3 heterocycles. The van der Waals surface area contributed by atoms with Gasteiger partial charge in [-0.25, -0.2) is 9.59 Å². The molecule has 0 saturated carbocycles. The third kappa shape index (κ3) is 4.53. The third-order valence-electron chi connectivity index (χ3n) is 7.05.